The molecule has 2 amide bonds. The molecule has 0 aliphatic carbocycles. The normalized spacial score (nSPS) is 13.8. The maximum absolute atomic E-state index is 11.6. The molecule has 5 heteroatoms. The quantitative estimate of drug-likeness (QED) is 0.693. The molecule has 5 nitrogen and oxygen atoms in total. The third kappa shape index (κ3) is 6.04. The number of benzene rings is 1. The number of carbonyl (C=O) groups excluding carboxylic acids is 1. The van der Waals surface area contributed by atoms with Gasteiger partial charge in [0.1, 0.15) is 0 Å². The van der Waals surface area contributed by atoms with Crippen LogP contribution in [0.3, 0.4) is 0 Å². The van der Waals surface area contributed by atoms with Crippen LogP contribution in [-0.2, 0) is 6.42 Å². The van der Waals surface area contributed by atoms with Crippen LogP contribution in [0.25, 0.3) is 0 Å². The molecule has 0 saturated heterocycles. The van der Waals surface area contributed by atoms with Crippen LogP contribution < -0.4 is 10.6 Å². The fourth-order valence-corrected chi connectivity index (χ4v) is 1.85. The Kier molecular flexibility index (Phi) is 7.04. The molecular formula is C15H25N3O2. The number of hydrogen-bond donors (Lipinski definition) is 3. The Morgan fingerprint density at radius 2 is 1.95 bits per heavy atom. The molecule has 0 bridgehead atoms. The minimum atomic E-state index is -0.244. The van der Waals surface area contributed by atoms with Gasteiger partial charge in [0.25, 0.3) is 0 Å². The average Bonchev–Trinajstić information content (AvgIpc) is 2.44. The summed E-state index contributed by atoms with van der Waals surface area (Å²) in [6.07, 6.45) is 0.879. The van der Waals surface area contributed by atoms with Crippen molar-refractivity contribution in [2.45, 2.75) is 25.4 Å². The number of nitrogens with one attached hydrogen (secondary N) is 2. The number of aliphatic hydroxyl groups excluding tert-OH is 1. The summed E-state index contributed by atoms with van der Waals surface area (Å²) < 4.78 is 0. The third-order valence-corrected chi connectivity index (χ3v) is 3.19. The maximum atomic E-state index is 11.6. The first kappa shape index (κ1) is 16.5. The Labute approximate surface area is 121 Å². The molecule has 2 unspecified atom stereocenters. The molecule has 2 atom stereocenters. The zero-order valence-electron chi connectivity index (χ0n) is 12.5. The van der Waals surface area contributed by atoms with Gasteiger partial charge in [-0.3, -0.25) is 0 Å². The highest BCUT2D eigenvalue weighted by atomic mass is 16.3. The highest BCUT2D eigenvalue weighted by Gasteiger charge is 2.14. The molecule has 0 radical (unpaired) electrons. The smallest absolute Gasteiger partial charge is 0.315 e. The van der Waals surface area contributed by atoms with Crippen LogP contribution in [0.5, 0.6) is 0 Å². The summed E-state index contributed by atoms with van der Waals surface area (Å²) in [7, 11) is 4.01. The lowest BCUT2D eigenvalue weighted by Crippen LogP contribution is -2.47. The van der Waals surface area contributed by atoms with Gasteiger partial charge in [0.2, 0.25) is 0 Å². The molecule has 20 heavy (non-hydrogen) atoms. The van der Waals surface area contributed by atoms with Gasteiger partial charge in [0.15, 0.2) is 0 Å². The monoisotopic (exact) mass is 279 g/mol. The minimum Gasteiger partial charge on any atom is -0.394 e. The van der Waals surface area contributed by atoms with Crippen LogP contribution in [0.1, 0.15) is 12.5 Å². The molecule has 0 aromatic heterocycles. The van der Waals surface area contributed by atoms with Gasteiger partial charge in [0.05, 0.1) is 12.6 Å². The molecule has 0 aliphatic heterocycles. The van der Waals surface area contributed by atoms with Crippen molar-refractivity contribution < 1.29 is 9.90 Å². The lowest BCUT2D eigenvalue weighted by molar-refractivity contribution is 0.215. The number of carbonyl (C=O) groups is 1. The minimum absolute atomic E-state index is 0.0610. The van der Waals surface area contributed by atoms with Crippen molar-refractivity contribution in [2.24, 2.45) is 0 Å². The number of rotatable bonds is 7. The summed E-state index contributed by atoms with van der Waals surface area (Å²) in [4.78, 5) is 13.7. The van der Waals surface area contributed by atoms with E-state index in [9.17, 15) is 4.79 Å². The van der Waals surface area contributed by atoms with Crippen LogP contribution in [-0.4, -0.2) is 55.4 Å². The van der Waals surface area contributed by atoms with Gasteiger partial charge in [0, 0.05) is 12.6 Å². The Bertz CT molecular complexity index is 395. The fraction of sp³-hybridized carbons (Fsp3) is 0.533. The molecule has 1 aromatic rings. The summed E-state index contributed by atoms with van der Waals surface area (Å²) in [6.45, 7) is 2.26. The standard InChI is InChI=1S/C15H25N3O2/c1-12(11-19)17-15(20)16-10-14(18(2)3)9-13-7-5-4-6-8-13/h4-8,12,14,19H,9-11H2,1-3H3,(H2,16,17,20). The maximum Gasteiger partial charge on any atom is 0.315 e. The molecule has 3 N–H and O–H groups in total. The Hall–Kier alpha value is -1.59. The van der Waals surface area contributed by atoms with Crippen molar-refractivity contribution in [1.82, 2.24) is 15.5 Å². The molecule has 1 rings (SSSR count). The lowest BCUT2D eigenvalue weighted by Gasteiger charge is -2.25. The van der Waals surface area contributed by atoms with Crippen molar-refractivity contribution in [3.63, 3.8) is 0 Å². The van der Waals surface area contributed by atoms with E-state index in [2.05, 4.69) is 27.7 Å². The fourth-order valence-electron chi connectivity index (χ4n) is 1.85. The van der Waals surface area contributed by atoms with E-state index in [0.717, 1.165) is 6.42 Å². The van der Waals surface area contributed by atoms with Crippen molar-refractivity contribution in [3.05, 3.63) is 35.9 Å². The Balaban J connectivity index is 2.46. The lowest BCUT2D eigenvalue weighted by atomic mass is 10.1. The largest absolute Gasteiger partial charge is 0.394 e. The third-order valence-electron chi connectivity index (χ3n) is 3.19. The van der Waals surface area contributed by atoms with Crippen LogP contribution in [0.2, 0.25) is 0 Å². The number of aliphatic hydroxyl groups is 1. The first-order chi connectivity index (χ1) is 9.52. The van der Waals surface area contributed by atoms with Gasteiger partial charge in [-0.2, -0.15) is 0 Å². The van der Waals surface area contributed by atoms with Crippen molar-refractivity contribution in [1.29, 1.82) is 0 Å². The van der Waals surface area contributed by atoms with E-state index < -0.39 is 0 Å². The second-order valence-electron chi connectivity index (χ2n) is 5.25. The number of likely N-dealkylation sites (N-methyl/N-ethyl adjacent to an activating group) is 1. The summed E-state index contributed by atoms with van der Waals surface area (Å²) >= 11 is 0. The van der Waals surface area contributed by atoms with E-state index in [0.29, 0.717) is 6.54 Å². The predicted molar refractivity (Wildman–Crippen MR) is 80.7 cm³/mol. The molecule has 0 spiro atoms. The topological polar surface area (TPSA) is 64.6 Å². The number of urea groups is 1. The van der Waals surface area contributed by atoms with E-state index >= 15 is 0 Å². The highest BCUT2D eigenvalue weighted by molar-refractivity contribution is 5.74. The first-order valence-corrected chi connectivity index (χ1v) is 6.88. The van der Waals surface area contributed by atoms with Crippen LogP contribution in [0.4, 0.5) is 4.79 Å². The summed E-state index contributed by atoms with van der Waals surface area (Å²) in [6, 6.07) is 9.96. The first-order valence-electron chi connectivity index (χ1n) is 6.88. The number of amides is 2. The van der Waals surface area contributed by atoms with Gasteiger partial charge < -0.3 is 20.6 Å². The second kappa shape index (κ2) is 8.55. The molecule has 0 aliphatic rings. The molecule has 112 valence electrons. The van der Waals surface area contributed by atoms with Gasteiger partial charge in [-0.05, 0) is 33.0 Å². The zero-order valence-corrected chi connectivity index (χ0v) is 12.5. The summed E-state index contributed by atoms with van der Waals surface area (Å²) in [5, 5.41) is 14.4. The summed E-state index contributed by atoms with van der Waals surface area (Å²) in [5.41, 5.74) is 1.25. The van der Waals surface area contributed by atoms with Crippen LogP contribution in [0.15, 0.2) is 30.3 Å². The van der Waals surface area contributed by atoms with E-state index in [-0.39, 0.29) is 24.7 Å². The van der Waals surface area contributed by atoms with Crippen LogP contribution >= 0.6 is 0 Å². The molecule has 0 fully saturated rings. The van der Waals surface area contributed by atoms with Gasteiger partial charge in [-0.1, -0.05) is 30.3 Å². The second-order valence-corrected chi connectivity index (χ2v) is 5.25. The van der Waals surface area contributed by atoms with E-state index in [1.54, 1.807) is 6.92 Å². The number of hydrogen-bond acceptors (Lipinski definition) is 3. The number of nitrogens with zero attached hydrogens (tertiary/aromatic N) is 1. The van der Waals surface area contributed by atoms with E-state index in [4.69, 9.17) is 5.11 Å². The van der Waals surface area contributed by atoms with Crippen molar-refractivity contribution in [2.75, 3.05) is 27.2 Å². The Morgan fingerprint density at radius 1 is 1.30 bits per heavy atom. The zero-order chi connectivity index (χ0) is 15.0. The predicted octanol–water partition coefficient (Wildman–Crippen LogP) is 0.839. The average molecular weight is 279 g/mol. The summed E-state index contributed by atoms with van der Waals surface area (Å²) in [5.74, 6) is 0. The molecule has 0 heterocycles. The molecule has 0 saturated carbocycles. The van der Waals surface area contributed by atoms with E-state index in [1.165, 1.54) is 5.56 Å². The highest BCUT2D eigenvalue weighted by Crippen LogP contribution is 2.06. The van der Waals surface area contributed by atoms with Crippen LogP contribution in [0, 0.1) is 0 Å². The van der Waals surface area contributed by atoms with Gasteiger partial charge in [-0.25, -0.2) is 4.79 Å². The van der Waals surface area contributed by atoms with Crippen molar-refractivity contribution in [3.8, 4) is 0 Å². The van der Waals surface area contributed by atoms with Gasteiger partial charge >= 0.3 is 6.03 Å². The SMILES string of the molecule is CC(CO)NC(=O)NCC(Cc1ccccc1)N(C)C. The molecular weight excluding hydrogens is 254 g/mol. The van der Waals surface area contributed by atoms with Gasteiger partial charge in [-0.15, -0.1) is 0 Å². The Morgan fingerprint density at radius 3 is 2.50 bits per heavy atom. The van der Waals surface area contributed by atoms with E-state index in [1.807, 2.05) is 32.3 Å². The van der Waals surface area contributed by atoms with Crippen molar-refractivity contribution >= 4 is 6.03 Å². The molecule has 1 aromatic carbocycles.